The fraction of sp³-hybridized carbons (Fsp3) is 0.167. The summed E-state index contributed by atoms with van der Waals surface area (Å²) in [7, 11) is -2.21. The van der Waals surface area contributed by atoms with Gasteiger partial charge in [-0.15, -0.1) is 11.3 Å². The van der Waals surface area contributed by atoms with Gasteiger partial charge < -0.3 is 0 Å². The van der Waals surface area contributed by atoms with Crippen molar-refractivity contribution in [2.24, 2.45) is 0 Å². The number of thiophene rings is 1. The van der Waals surface area contributed by atoms with Crippen LogP contribution in [0.15, 0.2) is 35.2 Å². The number of benzene rings is 1. The van der Waals surface area contributed by atoms with Crippen molar-refractivity contribution in [3.63, 3.8) is 0 Å². The molecule has 0 bridgehead atoms. The lowest BCUT2D eigenvalue weighted by atomic mass is 10.4. The highest BCUT2D eigenvalue weighted by atomic mass is 35.5. The lowest BCUT2D eigenvalue weighted by molar-refractivity contribution is 0.469. The lowest BCUT2D eigenvalue weighted by Crippen LogP contribution is -2.26. The molecule has 0 saturated heterocycles. The Bertz CT molecular complexity index is 728. The second-order valence-corrected chi connectivity index (χ2v) is 8.62. The average molecular weight is 371 g/mol. The zero-order valence-corrected chi connectivity index (χ0v) is 14.2. The third kappa shape index (κ3) is 3.30. The first-order chi connectivity index (χ1) is 9.32. The molecule has 0 radical (unpaired) electrons. The highest BCUT2D eigenvalue weighted by Crippen LogP contribution is 2.31. The van der Waals surface area contributed by atoms with Crippen LogP contribution < -0.4 is 0 Å². The van der Waals surface area contributed by atoms with Gasteiger partial charge in [0, 0.05) is 18.5 Å². The Labute approximate surface area is 136 Å². The van der Waals surface area contributed by atoms with Crippen LogP contribution in [0.4, 0.5) is 0 Å². The third-order valence-corrected chi connectivity index (χ3v) is 6.60. The standard InChI is InChI=1S/C12H10Cl3NO2S2/c1-16(7-8-5-6-11(14)19-8)20(17,18)10-4-2-3-9(13)12(10)15/h2-6H,7H2,1H3. The van der Waals surface area contributed by atoms with E-state index in [4.69, 9.17) is 34.8 Å². The van der Waals surface area contributed by atoms with E-state index in [1.165, 1.54) is 28.8 Å². The fourth-order valence-electron chi connectivity index (χ4n) is 1.59. The lowest BCUT2D eigenvalue weighted by Gasteiger charge is -2.17. The molecule has 2 aromatic rings. The van der Waals surface area contributed by atoms with Crippen molar-refractivity contribution >= 4 is 56.2 Å². The van der Waals surface area contributed by atoms with E-state index < -0.39 is 10.0 Å². The maximum atomic E-state index is 12.5. The summed E-state index contributed by atoms with van der Waals surface area (Å²) in [6, 6.07) is 8.05. The molecule has 1 aromatic heterocycles. The molecule has 108 valence electrons. The molecule has 0 amide bonds. The molecule has 0 unspecified atom stereocenters. The first-order valence-electron chi connectivity index (χ1n) is 5.47. The first kappa shape index (κ1) is 16.1. The zero-order valence-electron chi connectivity index (χ0n) is 10.3. The van der Waals surface area contributed by atoms with Crippen LogP contribution >= 0.6 is 46.1 Å². The van der Waals surface area contributed by atoms with Gasteiger partial charge in [0.15, 0.2) is 0 Å². The maximum Gasteiger partial charge on any atom is 0.244 e. The predicted molar refractivity (Wildman–Crippen MR) is 84.4 cm³/mol. The van der Waals surface area contributed by atoms with Crippen molar-refractivity contribution in [2.75, 3.05) is 7.05 Å². The summed E-state index contributed by atoms with van der Waals surface area (Å²) in [5.74, 6) is 0. The van der Waals surface area contributed by atoms with Crippen molar-refractivity contribution in [3.8, 4) is 0 Å². The van der Waals surface area contributed by atoms with Gasteiger partial charge in [-0.2, -0.15) is 4.31 Å². The summed E-state index contributed by atoms with van der Waals surface area (Å²) in [5.41, 5.74) is 0. The number of rotatable bonds is 4. The molecule has 0 saturated carbocycles. The number of sulfonamides is 1. The quantitative estimate of drug-likeness (QED) is 0.793. The number of halogens is 3. The van der Waals surface area contributed by atoms with Gasteiger partial charge in [-0.05, 0) is 24.3 Å². The minimum atomic E-state index is -3.70. The highest BCUT2D eigenvalue weighted by molar-refractivity contribution is 7.89. The Hall–Kier alpha value is -0.300. The van der Waals surface area contributed by atoms with Crippen LogP contribution in [0.5, 0.6) is 0 Å². The first-order valence-corrected chi connectivity index (χ1v) is 8.86. The van der Waals surface area contributed by atoms with E-state index in [1.807, 2.05) is 0 Å². The van der Waals surface area contributed by atoms with Gasteiger partial charge in [0.1, 0.15) is 4.90 Å². The van der Waals surface area contributed by atoms with E-state index in [1.54, 1.807) is 24.3 Å². The molecule has 1 aromatic carbocycles. The van der Waals surface area contributed by atoms with Gasteiger partial charge in [-0.1, -0.05) is 40.9 Å². The highest BCUT2D eigenvalue weighted by Gasteiger charge is 2.25. The van der Waals surface area contributed by atoms with Crippen molar-refractivity contribution < 1.29 is 8.42 Å². The van der Waals surface area contributed by atoms with Gasteiger partial charge in [-0.3, -0.25) is 0 Å². The van der Waals surface area contributed by atoms with E-state index in [9.17, 15) is 8.42 Å². The Morgan fingerprint density at radius 1 is 1.15 bits per heavy atom. The molecule has 0 spiro atoms. The molecule has 3 nitrogen and oxygen atoms in total. The monoisotopic (exact) mass is 369 g/mol. The summed E-state index contributed by atoms with van der Waals surface area (Å²) in [6.45, 7) is 0.225. The Morgan fingerprint density at radius 2 is 1.85 bits per heavy atom. The minimum Gasteiger partial charge on any atom is -0.207 e. The van der Waals surface area contributed by atoms with Gasteiger partial charge in [-0.25, -0.2) is 8.42 Å². The van der Waals surface area contributed by atoms with E-state index in [-0.39, 0.29) is 21.5 Å². The second-order valence-electron chi connectivity index (χ2n) is 4.02. The zero-order chi connectivity index (χ0) is 14.9. The SMILES string of the molecule is CN(Cc1ccc(Cl)s1)S(=O)(=O)c1cccc(Cl)c1Cl. The summed E-state index contributed by atoms with van der Waals surface area (Å²) in [5, 5.41) is 0.241. The molecule has 8 heteroatoms. The largest absolute Gasteiger partial charge is 0.244 e. The van der Waals surface area contributed by atoms with Crippen LogP contribution in [0.25, 0.3) is 0 Å². The van der Waals surface area contributed by atoms with Crippen LogP contribution in [0.3, 0.4) is 0 Å². The fourth-order valence-corrected chi connectivity index (χ4v) is 4.70. The Morgan fingerprint density at radius 3 is 2.45 bits per heavy atom. The van der Waals surface area contributed by atoms with Crippen LogP contribution in [0, 0.1) is 0 Å². The van der Waals surface area contributed by atoms with Crippen molar-refractivity contribution in [1.82, 2.24) is 4.31 Å². The van der Waals surface area contributed by atoms with Gasteiger partial charge in [0.05, 0.1) is 14.4 Å². The molecule has 0 N–H and O–H groups in total. The minimum absolute atomic E-state index is 0.00294. The van der Waals surface area contributed by atoms with Crippen molar-refractivity contribution in [2.45, 2.75) is 11.4 Å². The number of nitrogens with zero attached hydrogens (tertiary/aromatic N) is 1. The molecular formula is C12H10Cl3NO2S2. The molecule has 1 heterocycles. The summed E-state index contributed by atoms with van der Waals surface area (Å²) in [6.07, 6.45) is 0. The number of hydrogen-bond donors (Lipinski definition) is 0. The molecule has 20 heavy (non-hydrogen) atoms. The van der Waals surface area contributed by atoms with E-state index in [0.717, 1.165) is 4.88 Å². The molecule has 0 aliphatic rings. The Balaban J connectivity index is 2.32. The second kappa shape index (κ2) is 6.22. The summed E-state index contributed by atoms with van der Waals surface area (Å²) >= 11 is 19.0. The topological polar surface area (TPSA) is 37.4 Å². The summed E-state index contributed by atoms with van der Waals surface area (Å²) in [4.78, 5) is 0.844. The van der Waals surface area contributed by atoms with Crippen LogP contribution in [-0.4, -0.2) is 19.8 Å². The van der Waals surface area contributed by atoms with Crippen LogP contribution in [0.1, 0.15) is 4.88 Å². The summed E-state index contributed by atoms with van der Waals surface area (Å²) < 4.78 is 26.8. The smallest absolute Gasteiger partial charge is 0.207 e. The molecule has 2 rings (SSSR count). The molecule has 0 aliphatic carbocycles. The predicted octanol–water partition coefficient (Wildman–Crippen LogP) is 4.53. The molecule has 0 fully saturated rings. The average Bonchev–Trinajstić information content (AvgIpc) is 2.78. The van der Waals surface area contributed by atoms with Crippen LogP contribution in [0.2, 0.25) is 14.4 Å². The maximum absolute atomic E-state index is 12.5. The van der Waals surface area contributed by atoms with Crippen LogP contribution in [-0.2, 0) is 16.6 Å². The van der Waals surface area contributed by atoms with E-state index >= 15 is 0 Å². The van der Waals surface area contributed by atoms with E-state index in [0.29, 0.717) is 4.34 Å². The van der Waals surface area contributed by atoms with Crippen molar-refractivity contribution in [3.05, 3.63) is 49.6 Å². The Kier molecular flexibility index (Phi) is 5.00. The number of hydrogen-bond acceptors (Lipinski definition) is 3. The van der Waals surface area contributed by atoms with E-state index in [2.05, 4.69) is 0 Å². The van der Waals surface area contributed by atoms with Gasteiger partial charge >= 0.3 is 0 Å². The van der Waals surface area contributed by atoms with Gasteiger partial charge in [0.25, 0.3) is 0 Å². The molecular weight excluding hydrogens is 361 g/mol. The molecule has 0 atom stereocenters. The third-order valence-electron chi connectivity index (χ3n) is 2.61. The molecule has 0 aliphatic heterocycles. The van der Waals surface area contributed by atoms with Crippen molar-refractivity contribution in [1.29, 1.82) is 0 Å². The van der Waals surface area contributed by atoms with Gasteiger partial charge in [0.2, 0.25) is 10.0 Å². The normalized spacial score (nSPS) is 12.1.